The van der Waals surface area contributed by atoms with Crippen molar-refractivity contribution in [3.63, 3.8) is 0 Å². The number of methoxy groups -OCH3 is 4. The standard InChI is InChI=1S/C17H18O7/c1-21-11-6-5-10(15(19)16(11)20)14(18)9-7-12(22-2)17(24-4)13(8-9)23-3/h5-8,19-20H,1-4H3. The fraction of sp³-hybridized carbons (Fsp3) is 0.235. The number of hydrogen-bond donors (Lipinski definition) is 2. The molecule has 0 unspecified atom stereocenters. The predicted molar refractivity (Wildman–Crippen MR) is 85.9 cm³/mol. The third-order valence-electron chi connectivity index (χ3n) is 3.51. The van der Waals surface area contributed by atoms with E-state index >= 15 is 0 Å². The van der Waals surface area contributed by atoms with Crippen molar-refractivity contribution in [1.29, 1.82) is 0 Å². The van der Waals surface area contributed by atoms with Crippen LogP contribution in [0.15, 0.2) is 24.3 Å². The number of phenols is 2. The molecule has 0 aromatic heterocycles. The Labute approximate surface area is 139 Å². The summed E-state index contributed by atoms with van der Waals surface area (Å²) in [5.74, 6) is -0.573. The molecular formula is C17H18O7. The van der Waals surface area contributed by atoms with Crippen molar-refractivity contribution in [2.45, 2.75) is 0 Å². The smallest absolute Gasteiger partial charge is 0.203 e. The Morgan fingerprint density at radius 3 is 1.79 bits per heavy atom. The number of hydrogen-bond acceptors (Lipinski definition) is 7. The molecule has 0 spiro atoms. The minimum atomic E-state index is -0.562. The lowest BCUT2D eigenvalue weighted by atomic mass is 10.0. The molecule has 2 rings (SSSR count). The molecule has 0 saturated heterocycles. The molecule has 0 amide bonds. The first kappa shape index (κ1) is 17.3. The van der Waals surface area contributed by atoms with Gasteiger partial charge in [0.25, 0.3) is 0 Å². The third kappa shape index (κ3) is 2.88. The van der Waals surface area contributed by atoms with Gasteiger partial charge in [-0.05, 0) is 24.3 Å². The third-order valence-corrected chi connectivity index (χ3v) is 3.51. The molecule has 0 aliphatic carbocycles. The Morgan fingerprint density at radius 1 is 0.792 bits per heavy atom. The molecule has 24 heavy (non-hydrogen) atoms. The lowest BCUT2D eigenvalue weighted by Crippen LogP contribution is -2.05. The summed E-state index contributed by atoms with van der Waals surface area (Å²) in [5.41, 5.74) is 0.118. The summed E-state index contributed by atoms with van der Waals surface area (Å²) in [6.45, 7) is 0. The molecule has 0 atom stereocenters. The Bertz CT molecular complexity index is 743. The second kappa shape index (κ2) is 6.99. The van der Waals surface area contributed by atoms with Gasteiger partial charge in [0, 0.05) is 5.56 Å². The van der Waals surface area contributed by atoms with Crippen LogP contribution in [0.3, 0.4) is 0 Å². The largest absolute Gasteiger partial charge is 0.504 e. The van der Waals surface area contributed by atoms with E-state index in [1.165, 1.54) is 52.7 Å². The van der Waals surface area contributed by atoms with E-state index in [0.717, 1.165) is 0 Å². The molecule has 2 aromatic rings. The van der Waals surface area contributed by atoms with Crippen LogP contribution < -0.4 is 18.9 Å². The van der Waals surface area contributed by atoms with Gasteiger partial charge in [-0.1, -0.05) is 0 Å². The molecule has 128 valence electrons. The highest BCUT2D eigenvalue weighted by Crippen LogP contribution is 2.41. The minimum absolute atomic E-state index is 0.0638. The Kier molecular flexibility index (Phi) is 5.03. The van der Waals surface area contributed by atoms with Crippen LogP contribution in [-0.2, 0) is 0 Å². The van der Waals surface area contributed by atoms with Crippen LogP contribution in [0.25, 0.3) is 0 Å². The van der Waals surface area contributed by atoms with E-state index < -0.39 is 17.3 Å². The predicted octanol–water partition coefficient (Wildman–Crippen LogP) is 2.36. The highest BCUT2D eigenvalue weighted by molar-refractivity contribution is 6.11. The minimum Gasteiger partial charge on any atom is -0.504 e. The van der Waals surface area contributed by atoms with Crippen molar-refractivity contribution in [2.24, 2.45) is 0 Å². The quantitative estimate of drug-likeness (QED) is 0.618. The molecule has 7 heteroatoms. The molecular weight excluding hydrogens is 316 g/mol. The number of aromatic hydroxyl groups is 2. The molecule has 2 N–H and O–H groups in total. The maximum Gasteiger partial charge on any atom is 0.203 e. The molecule has 7 nitrogen and oxygen atoms in total. The highest BCUT2D eigenvalue weighted by Gasteiger charge is 2.22. The van der Waals surface area contributed by atoms with E-state index in [2.05, 4.69) is 0 Å². The molecule has 0 fully saturated rings. The first-order valence-electron chi connectivity index (χ1n) is 6.92. The fourth-order valence-corrected chi connectivity index (χ4v) is 2.28. The zero-order valence-electron chi connectivity index (χ0n) is 13.7. The van der Waals surface area contributed by atoms with Gasteiger partial charge in [0.2, 0.25) is 11.5 Å². The maximum atomic E-state index is 12.7. The van der Waals surface area contributed by atoms with Gasteiger partial charge in [-0.2, -0.15) is 0 Å². The van der Waals surface area contributed by atoms with Gasteiger partial charge >= 0.3 is 0 Å². The van der Waals surface area contributed by atoms with Crippen LogP contribution in [0.4, 0.5) is 0 Å². The van der Waals surface area contributed by atoms with Gasteiger partial charge < -0.3 is 29.2 Å². The van der Waals surface area contributed by atoms with Gasteiger partial charge in [-0.15, -0.1) is 0 Å². The molecule has 2 aromatic carbocycles. The molecule has 0 aliphatic rings. The second-order valence-electron chi connectivity index (χ2n) is 4.76. The number of carbonyl (C=O) groups is 1. The number of rotatable bonds is 6. The van der Waals surface area contributed by atoms with Gasteiger partial charge in [-0.25, -0.2) is 0 Å². The van der Waals surface area contributed by atoms with Gasteiger partial charge in [0.15, 0.2) is 28.8 Å². The zero-order chi connectivity index (χ0) is 17.9. The number of benzene rings is 2. The van der Waals surface area contributed by atoms with Crippen LogP contribution >= 0.6 is 0 Å². The summed E-state index contributed by atoms with van der Waals surface area (Å²) in [5, 5.41) is 19.9. The van der Waals surface area contributed by atoms with E-state index in [0.29, 0.717) is 17.2 Å². The molecule has 0 heterocycles. The van der Waals surface area contributed by atoms with E-state index in [1.54, 1.807) is 0 Å². The van der Waals surface area contributed by atoms with Crippen molar-refractivity contribution in [2.75, 3.05) is 28.4 Å². The molecule has 0 aliphatic heterocycles. The van der Waals surface area contributed by atoms with Crippen LogP contribution in [0.5, 0.6) is 34.5 Å². The van der Waals surface area contributed by atoms with Crippen LogP contribution in [0.1, 0.15) is 15.9 Å². The van der Waals surface area contributed by atoms with Crippen molar-refractivity contribution >= 4 is 5.78 Å². The summed E-state index contributed by atoms with van der Waals surface area (Å²) >= 11 is 0. The van der Waals surface area contributed by atoms with E-state index in [4.69, 9.17) is 18.9 Å². The van der Waals surface area contributed by atoms with E-state index in [9.17, 15) is 15.0 Å². The Morgan fingerprint density at radius 2 is 1.33 bits per heavy atom. The van der Waals surface area contributed by atoms with E-state index in [1.807, 2.05) is 0 Å². The Balaban J connectivity index is 2.56. The van der Waals surface area contributed by atoms with Gasteiger partial charge in [0.05, 0.1) is 34.0 Å². The first-order valence-corrected chi connectivity index (χ1v) is 6.92. The number of carbonyl (C=O) groups excluding carboxylic acids is 1. The lowest BCUT2D eigenvalue weighted by Gasteiger charge is -2.14. The average molecular weight is 334 g/mol. The summed E-state index contributed by atoms with van der Waals surface area (Å²) in [6.07, 6.45) is 0. The lowest BCUT2D eigenvalue weighted by molar-refractivity contribution is 0.103. The Hall–Kier alpha value is -3.09. The number of phenolic OH excluding ortho intramolecular Hbond substituents is 2. The van der Waals surface area contributed by atoms with Crippen molar-refractivity contribution in [1.82, 2.24) is 0 Å². The summed E-state index contributed by atoms with van der Waals surface area (Å²) < 4.78 is 20.5. The molecule has 0 radical (unpaired) electrons. The summed E-state index contributed by atoms with van der Waals surface area (Å²) in [4.78, 5) is 12.7. The SMILES string of the molecule is COc1ccc(C(=O)c2cc(OC)c(OC)c(OC)c2)c(O)c1O. The number of ketones is 1. The number of ether oxygens (including phenoxy) is 4. The van der Waals surface area contributed by atoms with Gasteiger partial charge in [-0.3, -0.25) is 4.79 Å². The topological polar surface area (TPSA) is 94.5 Å². The van der Waals surface area contributed by atoms with E-state index in [-0.39, 0.29) is 16.9 Å². The van der Waals surface area contributed by atoms with Crippen LogP contribution in [0.2, 0.25) is 0 Å². The monoisotopic (exact) mass is 334 g/mol. The second-order valence-corrected chi connectivity index (χ2v) is 4.76. The van der Waals surface area contributed by atoms with Crippen molar-refractivity contribution in [3.05, 3.63) is 35.4 Å². The normalized spacial score (nSPS) is 10.2. The van der Waals surface area contributed by atoms with Crippen molar-refractivity contribution < 1.29 is 34.0 Å². The van der Waals surface area contributed by atoms with Crippen LogP contribution in [-0.4, -0.2) is 44.4 Å². The average Bonchev–Trinajstić information content (AvgIpc) is 2.61. The molecule has 0 bridgehead atoms. The first-order chi connectivity index (χ1) is 11.5. The summed E-state index contributed by atoms with van der Waals surface area (Å²) in [7, 11) is 5.66. The van der Waals surface area contributed by atoms with Crippen molar-refractivity contribution in [3.8, 4) is 34.5 Å². The van der Waals surface area contributed by atoms with Gasteiger partial charge in [0.1, 0.15) is 0 Å². The summed E-state index contributed by atoms with van der Waals surface area (Å²) in [6, 6.07) is 5.68. The fourth-order valence-electron chi connectivity index (χ4n) is 2.28. The zero-order valence-corrected chi connectivity index (χ0v) is 13.7. The van der Waals surface area contributed by atoms with Crippen LogP contribution in [0, 0.1) is 0 Å². The maximum absolute atomic E-state index is 12.7. The highest BCUT2D eigenvalue weighted by atomic mass is 16.5. The molecule has 0 saturated carbocycles.